The number of ether oxygens (including phenoxy) is 1. The van der Waals surface area contributed by atoms with Crippen molar-refractivity contribution in [3.05, 3.63) is 0 Å². The van der Waals surface area contributed by atoms with Crippen molar-refractivity contribution in [3.8, 4) is 0 Å². The molecule has 0 bridgehead atoms. The van der Waals surface area contributed by atoms with Crippen LogP contribution in [0.1, 0.15) is 45.4 Å². The molecule has 1 aliphatic rings. The Balaban J connectivity index is 2.18. The highest BCUT2D eigenvalue weighted by Gasteiger charge is 2.16. The molecular formula is C11H23NO. The van der Waals surface area contributed by atoms with Gasteiger partial charge in [-0.15, -0.1) is 0 Å². The predicted octanol–water partition coefficient (Wildman–Crippen LogP) is 2.33. The molecule has 0 saturated heterocycles. The number of hydrogen-bond donors (Lipinski definition) is 1. The Hall–Kier alpha value is -0.0800. The fraction of sp³-hybridized carbons (Fsp3) is 1.00. The minimum Gasteiger partial charge on any atom is -0.383 e. The van der Waals surface area contributed by atoms with Gasteiger partial charge in [0.15, 0.2) is 0 Å². The normalized spacial score (nSPS) is 21.7. The lowest BCUT2D eigenvalue weighted by Crippen LogP contribution is -2.41. The van der Waals surface area contributed by atoms with Gasteiger partial charge in [0.25, 0.3) is 0 Å². The Morgan fingerprint density at radius 2 is 2.00 bits per heavy atom. The zero-order valence-corrected chi connectivity index (χ0v) is 9.01. The van der Waals surface area contributed by atoms with Crippen LogP contribution in [-0.2, 0) is 4.74 Å². The monoisotopic (exact) mass is 185 g/mol. The van der Waals surface area contributed by atoms with Gasteiger partial charge < -0.3 is 10.1 Å². The first-order valence-corrected chi connectivity index (χ1v) is 5.61. The van der Waals surface area contributed by atoms with E-state index in [1.165, 1.54) is 38.5 Å². The summed E-state index contributed by atoms with van der Waals surface area (Å²) in [7, 11) is 1.78. The summed E-state index contributed by atoms with van der Waals surface area (Å²) in [6.45, 7) is 3.08. The zero-order valence-electron chi connectivity index (χ0n) is 9.01. The van der Waals surface area contributed by atoms with E-state index in [1.807, 2.05) is 0 Å². The van der Waals surface area contributed by atoms with Crippen molar-refractivity contribution in [1.29, 1.82) is 0 Å². The first-order chi connectivity index (χ1) is 6.36. The molecule has 1 fully saturated rings. The lowest BCUT2D eigenvalue weighted by Gasteiger charge is -2.27. The molecule has 0 amide bonds. The average Bonchev–Trinajstić information content (AvgIpc) is 2.19. The van der Waals surface area contributed by atoms with Crippen LogP contribution < -0.4 is 5.32 Å². The van der Waals surface area contributed by atoms with Gasteiger partial charge in [-0.1, -0.05) is 26.2 Å². The SMILES string of the molecule is CC[C@H](COC)NC1CCCCC1. The van der Waals surface area contributed by atoms with Crippen molar-refractivity contribution >= 4 is 0 Å². The van der Waals surface area contributed by atoms with Crippen molar-refractivity contribution in [2.24, 2.45) is 0 Å². The van der Waals surface area contributed by atoms with Gasteiger partial charge in [0.2, 0.25) is 0 Å². The molecule has 0 heterocycles. The number of rotatable bonds is 5. The van der Waals surface area contributed by atoms with Gasteiger partial charge in [0.05, 0.1) is 6.61 Å². The Bertz CT molecular complexity index is 119. The zero-order chi connectivity index (χ0) is 9.52. The van der Waals surface area contributed by atoms with E-state index < -0.39 is 0 Å². The predicted molar refractivity (Wildman–Crippen MR) is 56.0 cm³/mol. The molecule has 0 aromatic heterocycles. The molecule has 0 spiro atoms. The van der Waals surface area contributed by atoms with E-state index in [4.69, 9.17) is 4.74 Å². The summed E-state index contributed by atoms with van der Waals surface area (Å²) in [5.41, 5.74) is 0. The Kier molecular flexibility index (Phi) is 5.40. The first-order valence-electron chi connectivity index (χ1n) is 5.61. The molecular weight excluding hydrogens is 162 g/mol. The fourth-order valence-corrected chi connectivity index (χ4v) is 2.09. The Morgan fingerprint density at radius 1 is 1.31 bits per heavy atom. The minimum absolute atomic E-state index is 0.563. The standard InChI is InChI=1S/C11H23NO/c1-3-10(9-13-2)12-11-7-5-4-6-8-11/h10-12H,3-9H2,1-2H3/t10-/m1/s1. The van der Waals surface area contributed by atoms with Crippen molar-refractivity contribution in [2.75, 3.05) is 13.7 Å². The summed E-state index contributed by atoms with van der Waals surface area (Å²) < 4.78 is 5.17. The molecule has 13 heavy (non-hydrogen) atoms. The summed E-state index contributed by atoms with van der Waals surface area (Å²) >= 11 is 0. The molecule has 0 aliphatic heterocycles. The van der Waals surface area contributed by atoms with E-state index in [9.17, 15) is 0 Å². The summed E-state index contributed by atoms with van der Waals surface area (Å²) in [5.74, 6) is 0. The highest BCUT2D eigenvalue weighted by molar-refractivity contribution is 4.76. The van der Waals surface area contributed by atoms with Gasteiger partial charge in [-0.3, -0.25) is 0 Å². The van der Waals surface area contributed by atoms with Crippen LogP contribution in [0.5, 0.6) is 0 Å². The van der Waals surface area contributed by atoms with Gasteiger partial charge in [-0.25, -0.2) is 0 Å². The number of nitrogens with one attached hydrogen (secondary N) is 1. The van der Waals surface area contributed by atoms with Crippen molar-refractivity contribution in [1.82, 2.24) is 5.32 Å². The van der Waals surface area contributed by atoms with Gasteiger partial charge in [0.1, 0.15) is 0 Å². The molecule has 2 nitrogen and oxygen atoms in total. The van der Waals surface area contributed by atoms with Crippen LogP contribution in [0.3, 0.4) is 0 Å². The van der Waals surface area contributed by atoms with Crippen molar-refractivity contribution in [2.45, 2.75) is 57.5 Å². The fourth-order valence-electron chi connectivity index (χ4n) is 2.09. The highest BCUT2D eigenvalue weighted by Crippen LogP contribution is 2.18. The number of methoxy groups -OCH3 is 1. The molecule has 2 heteroatoms. The van der Waals surface area contributed by atoms with Crippen molar-refractivity contribution in [3.63, 3.8) is 0 Å². The molecule has 0 unspecified atom stereocenters. The van der Waals surface area contributed by atoms with Crippen LogP contribution in [0.15, 0.2) is 0 Å². The molecule has 0 radical (unpaired) electrons. The topological polar surface area (TPSA) is 21.3 Å². The molecule has 0 aromatic carbocycles. The third-order valence-corrected chi connectivity index (χ3v) is 2.94. The van der Waals surface area contributed by atoms with Crippen LogP contribution >= 0.6 is 0 Å². The Labute approximate surface area is 82.0 Å². The smallest absolute Gasteiger partial charge is 0.0615 e. The summed E-state index contributed by atoms with van der Waals surface area (Å²) in [6, 6.07) is 1.32. The first kappa shape index (κ1) is 11.0. The van der Waals surface area contributed by atoms with Crippen LogP contribution in [-0.4, -0.2) is 25.8 Å². The van der Waals surface area contributed by atoms with E-state index in [2.05, 4.69) is 12.2 Å². The van der Waals surface area contributed by atoms with Gasteiger partial charge in [-0.2, -0.15) is 0 Å². The maximum atomic E-state index is 5.17. The molecule has 1 N–H and O–H groups in total. The van der Waals surface area contributed by atoms with Gasteiger partial charge in [0, 0.05) is 19.2 Å². The lowest BCUT2D eigenvalue weighted by molar-refractivity contribution is 0.153. The summed E-state index contributed by atoms with van der Waals surface area (Å²) in [6.07, 6.45) is 8.13. The number of hydrogen-bond acceptors (Lipinski definition) is 2. The van der Waals surface area contributed by atoms with Crippen LogP contribution in [0.2, 0.25) is 0 Å². The quantitative estimate of drug-likeness (QED) is 0.710. The third-order valence-electron chi connectivity index (χ3n) is 2.94. The maximum Gasteiger partial charge on any atom is 0.0615 e. The minimum atomic E-state index is 0.563. The van der Waals surface area contributed by atoms with E-state index in [-0.39, 0.29) is 0 Å². The lowest BCUT2D eigenvalue weighted by atomic mass is 9.95. The van der Waals surface area contributed by atoms with E-state index >= 15 is 0 Å². The molecule has 1 saturated carbocycles. The largest absolute Gasteiger partial charge is 0.383 e. The highest BCUT2D eigenvalue weighted by atomic mass is 16.5. The van der Waals surface area contributed by atoms with Crippen molar-refractivity contribution < 1.29 is 4.74 Å². The summed E-state index contributed by atoms with van der Waals surface area (Å²) in [5, 5.41) is 3.68. The second-order valence-electron chi connectivity index (χ2n) is 4.06. The average molecular weight is 185 g/mol. The van der Waals surface area contributed by atoms with Crippen LogP contribution in [0.4, 0.5) is 0 Å². The van der Waals surface area contributed by atoms with Gasteiger partial charge in [-0.05, 0) is 19.3 Å². The maximum absolute atomic E-state index is 5.17. The second kappa shape index (κ2) is 6.39. The second-order valence-corrected chi connectivity index (χ2v) is 4.06. The molecule has 1 rings (SSSR count). The third kappa shape index (κ3) is 4.10. The van der Waals surface area contributed by atoms with E-state index in [0.717, 1.165) is 12.6 Å². The van der Waals surface area contributed by atoms with E-state index in [1.54, 1.807) is 7.11 Å². The molecule has 1 aliphatic carbocycles. The van der Waals surface area contributed by atoms with Crippen LogP contribution in [0.25, 0.3) is 0 Å². The molecule has 78 valence electrons. The molecule has 0 aromatic rings. The van der Waals surface area contributed by atoms with E-state index in [0.29, 0.717) is 6.04 Å². The van der Waals surface area contributed by atoms with Gasteiger partial charge >= 0.3 is 0 Å². The Morgan fingerprint density at radius 3 is 2.54 bits per heavy atom. The summed E-state index contributed by atoms with van der Waals surface area (Å²) in [4.78, 5) is 0. The van der Waals surface area contributed by atoms with Crippen LogP contribution in [0, 0.1) is 0 Å². The molecule has 1 atom stereocenters.